The predicted molar refractivity (Wildman–Crippen MR) is 26.2 cm³/mol. The second-order valence-electron chi connectivity index (χ2n) is 1.91. The summed E-state index contributed by atoms with van der Waals surface area (Å²) >= 11 is 0. The lowest BCUT2D eigenvalue weighted by molar-refractivity contribution is -0.218. The fourth-order valence-corrected chi connectivity index (χ4v) is 0.657. The van der Waals surface area contributed by atoms with E-state index >= 15 is 0 Å². The van der Waals surface area contributed by atoms with Gasteiger partial charge in [0.15, 0.2) is 5.78 Å². The third kappa shape index (κ3) is 0.553. The Morgan fingerprint density at radius 3 is 2.50 bits per heavy atom. The van der Waals surface area contributed by atoms with Crippen LogP contribution >= 0.6 is 0 Å². The molecule has 1 atom stereocenters. The number of Topliss-reactive ketones (excluding diaryl/α,β-unsaturated/α-hetero) is 1. The summed E-state index contributed by atoms with van der Waals surface area (Å²) in [5.41, 5.74) is 0. The Bertz CT molecular complexity index is 117. The maximum absolute atomic E-state index is 10.4. The topological polar surface area (TPSA) is 46.5 Å². The summed E-state index contributed by atoms with van der Waals surface area (Å²) in [5.74, 6) is -1.62. The zero-order valence-corrected chi connectivity index (χ0v) is 4.68. The zero-order valence-electron chi connectivity index (χ0n) is 4.68. The molecule has 1 fully saturated rings. The van der Waals surface area contributed by atoms with Crippen LogP contribution in [0, 0.1) is 0 Å². The lowest BCUT2D eigenvalue weighted by Gasteiger charge is -2.32. The minimum Gasteiger partial charge on any atom is -0.360 e. The molecule has 1 aliphatic rings. The number of aliphatic hydroxyl groups is 1. The molecule has 0 aromatic rings. The zero-order chi connectivity index (χ0) is 6.20. The van der Waals surface area contributed by atoms with Crippen molar-refractivity contribution in [3.8, 4) is 0 Å². The lowest BCUT2D eigenvalue weighted by atomic mass is 9.90. The number of hydrogen-bond donors (Lipinski definition) is 1. The molecule has 0 heterocycles. The van der Waals surface area contributed by atoms with E-state index in [0.29, 0.717) is 12.8 Å². The average Bonchev–Trinajstić information content (AvgIpc) is 1.83. The summed E-state index contributed by atoms with van der Waals surface area (Å²) < 4.78 is 4.49. The molecule has 0 bridgehead atoms. The first kappa shape index (κ1) is 5.72. The van der Waals surface area contributed by atoms with Crippen LogP contribution in [0.25, 0.3) is 0 Å². The predicted octanol–water partition coefficient (Wildman–Crippen LogP) is -0.316. The SMILES string of the molecule is COC1(O)CCC1=O. The van der Waals surface area contributed by atoms with Crippen molar-refractivity contribution in [3.05, 3.63) is 0 Å². The second-order valence-corrected chi connectivity index (χ2v) is 1.91. The molecule has 1 rings (SSSR count). The molecule has 1 aliphatic carbocycles. The fourth-order valence-electron chi connectivity index (χ4n) is 0.657. The molecule has 46 valence electrons. The summed E-state index contributed by atoms with van der Waals surface area (Å²) in [5, 5.41) is 8.92. The number of hydrogen-bond acceptors (Lipinski definition) is 3. The van der Waals surface area contributed by atoms with E-state index in [1.165, 1.54) is 7.11 Å². The van der Waals surface area contributed by atoms with Crippen LogP contribution in [0.1, 0.15) is 12.8 Å². The van der Waals surface area contributed by atoms with E-state index in [1.54, 1.807) is 0 Å². The highest BCUT2D eigenvalue weighted by Crippen LogP contribution is 2.27. The summed E-state index contributed by atoms with van der Waals surface area (Å²) in [6.07, 6.45) is 0.896. The van der Waals surface area contributed by atoms with Crippen LogP contribution in [0.15, 0.2) is 0 Å². The van der Waals surface area contributed by atoms with Crippen LogP contribution in [0.2, 0.25) is 0 Å². The molecule has 1 N–H and O–H groups in total. The van der Waals surface area contributed by atoms with E-state index in [9.17, 15) is 4.79 Å². The van der Waals surface area contributed by atoms with E-state index in [4.69, 9.17) is 5.11 Å². The van der Waals surface area contributed by atoms with Crippen LogP contribution in [-0.4, -0.2) is 23.8 Å². The Morgan fingerprint density at radius 1 is 1.88 bits per heavy atom. The van der Waals surface area contributed by atoms with Gasteiger partial charge in [0.2, 0.25) is 5.79 Å². The number of ether oxygens (including phenoxy) is 1. The Hall–Kier alpha value is -0.410. The van der Waals surface area contributed by atoms with Gasteiger partial charge in [-0.25, -0.2) is 0 Å². The summed E-state index contributed by atoms with van der Waals surface area (Å²) in [6, 6.07) is 0. The molecule has 8 heavy (non-hydrogen) atoms. The number of rotatable bonds is 1. The van der Waals surface area contributed by atoms with Crippen molar-refractivity contribution in [3.63, 3.8) is 0 Å². The Morgan fingerprint density at radius 2 is 2.50 bits per heavy atom. The van der Waals surface area contributed by atoms with Crippen molar-refractivity contribution < 1.29 is 14.6 Å². The van der Waals surface area contributed by atoms with Crippen molar-refractivity contribution in [2.24, 2.45) is 0 Å². The van der Waals surface area contributed by atoms with Crippen LogP contribution in [0.5, 0.6) is 0 Å². The van der Waals surface area contributed by atoms with Crippen molar-refractivity contribution in [1.82, 2.24) is 0 Å². The highest BCUT2D eigenvalue weighted by Gasteiger charge is 2.44. The van der Waals surface area contributed by atoms with Gasteiger partial charge < -0.3 is 9.84 Å². The van der Waals surface area contributed by atoms with E-state index < -0.39 is 5.79 Å². The van der Waals surface area contributed by atoms with Gasteiger partial charge in [-0.2, -0.15) is 0 Å². The molecule has 0 aromatic heterocycles. The quantitative estimate of drug-likeness (QED) is 0.478. The molecule has 1 unspecified atom stereocenters. The normalized spacial score (nSPS) is 37.0. The van der Waals surface area contributed by atoms with E-state index in [2.05, 4.69) is 4.74 Å². The highest BCUT2D eigenvalue weighted by molar-refractivity contribution is 5.91. The number of methoxy groups -OCH3 is 1. The van der Waals surface area contributed by atoms with Gasteiger partial charge in [-0.05, 0) is 0 Å². The molecule has 0 radical (unpaired) electrons. The molecule has 0 spiro atoms. The van der Waals surface area contributed by atoms with Gasteiger partial charge in [-0.1, -0.05) is 0 Å². The standard InChI is InChI=1S/C5H8O3/c1-8-5(7)3-2-4(5)6/h7H,2-3H2,1H3. The Balaban J connectivity index is 2.55. The molecule has 0 aromatic carbocycles. The van der Waals surface area contributed by atoms with Gasteiger partial charge in [0, 0.05) is 20.0 Å². The van der Waals surface area contributed by atoms with Crippen LogP contribution < -0.4 is 0 Å². The highest BCUT2D eigenvalue weighted by atomic mass is 16.6. The Labute approximate surface area is 47.3 Å². The molecule has 1 saturated carbocycles. The van der Waals surface area contributed by atoms with Gasteiger partial charge in [-0.15, -0.1) is 0 Å². The molecule has 3 nitrogen and oxygen atoms in total. The first-order chi connectivity index (χ1) is 3.69. The van der Waals surface area contributed by atoms with Crippen molar-refractivity contribution >= 4 is 5.78 Å². The van der Waals surface area contributed by atoms with Crippen molar-refractivity contribution in [2.45, 2.75) is 18.6 Å². The molecule has 0 saturated heterocycles. The smallest absolute Gasteiger partial charge is 0.226 e. The summed E-state index contributed by atoms with van der Waals surface area (Å²) in [4.78, 5) is 10.4. The van der Waals surface area contributed by atoms with Gasteiger partial charge in [0.05, 0.1) is 0 Å². The third-order valence-corrected chi connectivity index (χ3v) is 1.46. The first-order valence-electron chi connectivity index (χ1n) is 2.50. The summed E-state index contributed by atoms with van der Waals surface area (Å²) in [7, 11) is 1.33. The lowest BCUT2D eigenvalue weighted by Crippen LogP contribution is -2.49. The minimum absolute atomic E-state index is 0.208. The maximum Gasteiger partial charge on any atom is 0.226 e. The van der Waals surface area contributed by atoms with Crippen LogP contribution in [-0.2, 0) is 9.53 Å². The molecular formula is C5H8O3. The molecular weight excluding hydrogens is 108 g/mol. The van der Waals surface area contributed by atoms with Crippen molar-refractivity contribution in [2.75, 3.05) is 7.11 Å². The van der Waals surface area contributed by atoms with Crippen molar-refractivity contribution in [1.29, 1.82) is 0 Å². The molecule has 0 aliphatic heterocycles. The van der Waals surface area contributed by atoms with E-state index in [-0.39, 0.29) is 5.78 Å². The van der Waals surface area contributed by atoms with E-state index in [1.807, 2.05) is 0 Å². The number of ketones is 1. The van der Waals surface area contributed by atoms with Gasteiger partial charge in [-0.3, -0.25) is 4.79 Å². The second kappa shape index (κ2) is 1.53. The largest absolute Gasteiger partial charge is 0.360 e. The van der Waals surface area contributed by atoms with E-state index in [0.717, 1.165) is 0 Å². The third-order valence-electron chi connectivity index (χ3n) is 1.46. The van der Waals surface area contributed by atoms with Crippen LogP contribution in [0.4, 0.5) is 0 Å². The van der Waals surface area contributed by atoms with Gasteiger partial charge in [0.25, 0.3) is 0 Å². The van der Waals surface area contributed by atoms with Gasteiger partial charge >= 0.3 is 0 Å². The average molecular weight is 116 g/mol. The fraction of sp³-hybridized carbons (Fsp3) is 0.800. The minimum atomic E-state index is -1.42. The maximum atomic E-state index is 10.4. The molecule has 0 amide bonds. The number of carbonyl (C=O) groups is 1. The first-order valence-corrected chi connectivity index (χ1v) is 2.50. The molecule has 3 heteroatoms. The number of carbonyl (C=O) groups excluding carboxylic acids is 1. The Kier molecular flexibility index (Phi) is 1.10. The van der Waals surface area contributed by atoms with Crippen LogP contribution in [0.3, 0.4) is 0 Å². The van der Waals surface area contributed by atoms with Gasteiger partial charge in [0.1, 0.15) is 0 Å². The summed E-state index contributed by atoms with van der Waals surface area (Å²) in [6.45, 7) is 0. The monoisotopic (exact) mass is 116 g/mol.